The fourth-order valence-electron chi connectivity index (χ4n) is 2.70. The van der Waals surface area contributed by atoms with Gasteiger partial charge in [-0.25, -0.2) is 14.1 Å². The Labute approximate surface area is 161 Å². The molecule has 3 rings (SSSR count). The fraction of sp³-hybridized carbons (Fsp3) is 0.200. The SMILES string of the molecule is CCc1ccccc1NC(=O)CNC(=O)c1nc(C)n(-c2ccc(F)cc2)n1. The number of anilines is 1. The Kier molecular flexibility index (Phi) is 5.78. The molecule has 0 spiro atoms. The van der Waals surface area contributed by atoms with Gasteiger partial charge in [-0.1, -0.05) is 25.1 Å². The van der Waals surface area contributed by atoms with E-state index in [0.717, 1.165) is 17.7 Å². The third-order valence-electron chi connectivity index (χ3n) is 4.13. The number of hydrogen-bond acceptors (Lipinski definition) is 4. The van der Waals surface area contributed by atoms with Crippen LogP contribution in [0.15, 0.2) is 48.5 Å². The molecule has 0 radical (unpaired) electrons. The number of rotatable bonds is 6. The maximum Gasteiger partial charge on any atom is 0.291 e. The number of carbonyl (C=O) groups is 2. The smallest absolute Gasteiger partial charge is 0.291 e. The minimum atomic E-state index is -0.567. The summed E-state index contributed by atoms with van der Waals surface area (Å²) in [6, 6.07) is 13.2. The van der Waals surface area contributed by atoms with Crippen LogP contribution in [0.2, 0.25) is 0 Å². The average molecular weight is 381 g/mol. The number of halogens is 1. The molecule has 1 aromatic heterocycles. The van der Waals surface area contributed by atoms with Crippen LogP contribution in [-0.2, 0) is 11.2 Å². The molecule has 28 heavy (non-hydrogen) atoms. The van der Waals surface area contributed by atoms with Gasteiger partial charge >= 0.3 is 0 Å². The monoisotopic (exact) mass is 381 g/mol. The predicted molar refractivity (Wildman–Crippen MR) is 103 cm³/mol. The number of carbonyl (C=O) groups excluding carboxylic acids is 2. The number of aryl methyl sites for hydroxylation is 2. The first-order valence-corrected chi connectivity index (χ1v) is 8.83. The summed E-state index contributed by atoms with van der Waals surface area (Å²) in [5.41, 5.74) is 2.32. The molecule has 0 bridgehead atoms. The van der Waals surface area contributed by atoms with E-state index in [1.807, 2.05) is 31.2 Å². The van der Waals surface area contributed by atoms with Gasteiger partial charge < -0.3 is 10.6 Å². The minimum Gasteiger partial charge on any atom is -0.340 e. The van der Waals surface area contributed by atoms with Gasteiger partial charge in [0.25, 0.3) is 5.91 Å². The number of para-hydroxylation sites is 1. The van der Waals surface area contributed by atoms with E-state index in [0.29, 0.717) is 11.5 Å². The van der Waals surface area contributed by atoms with Gasteiger partial charge in [0.2, 0.25) is 11.7 Å². The average Bonchev–Trinajstić information content (AvgIpc) is 3.09. The van der Waals surface area contributed by atoms with Gasteiger partial charge in [0, 0.05) is 5.69 Å². The summed E-state index contributed by atoms with van der Waals surface area (Å²) in [6.07, 6.45) is 0.785. The van der Waals surface area contributed by atoms with Crippen molar-refractivity contribution in [3.63, 3.8) is 0 Å². The molecule has 0 aliphatic carbocycles. The van der Waals surface area contributed by atoms with Crippen LogP contribution < -0.4 is 10.6 Å². The van der Waals surface area contributed by atoms with Crippen LogP contribution in [0.1, 0.15) is 28.9 Å². The van der Waals surface area contributed by atoms with E-state index in [9.17, 15) is 14.0 Å². The third kappa shape index (κ3) is 4.40. The Morgan fingerprint density at radius 3 is 2.54 bits per heavy atom. The van der Waals surface area contributed by atoms with Crippen LogP contribution in [0, 0.1) is 12.7 Å². The van der Waals surface area contributed by atoms with Crippen LogP contribution in [0.25, 0.3) is 5.69 Å². The Morgan fingerprint density at radius 1 is 1.11 bits per heavy atom. The van der Waals surface area contributed by atoms with Crippen molar-refractivity contribution in [1.29, 1.82) is 0 Å². The molecule has 1 heterocycles. The molecule has 2 amide bonds. The highest BCUT2D eigenvalue weighted by atomic mass is 19.1. The molecule has 0 saturated heterocycles. The molecule has 2 N–H and O–H groups in total. The molecule has 0 aliphatic heterocycles. The Balaban J connectivity index is 1.63. The first kappa shape index (κ1) is 19.2. The van der Waals surface area contributed by atoms with Gasteiger partial charge in [-0.2, -0.15) is 0 Å². The topological polar surface area (TPSA) is 88.9 Å². The molecule has 0 atom stereocenters. The normalized spacial score (nSPS) is 10.5. The molecule has 0 aliphatic rings. The number of hydrogen-bond donors (Lipinski definition) is 2. The van der Waals surface area contributed by atoms with Crippen LogP contribution in [0.5, 0.6) is 0 Å². The zero-order valence-corrected chi connectivity index (χ0v) is 15.6. The van der Waals surface area contributed by atoms with Gasteiger partial charge in [-0.3, -0.25) is 9.59 Å². The van der Waals surface area contributed by atoms with E-state index in [4.69, 9.17) is 0 Å². The van der Waals surface area contributed by atoms with E-state index in [1.54, 1.807) is 6.92 Å². The highest BCUT2D eigenvalue weighted by Gasteiger charge is 2.16. The highest BCUT2D eigenvalue weighted by molar-refractivity contribution is 5.98. The number of nitrogens with one attached hydrogen (secondary N) is 2. The van der Waals surface area contributed by atoms with Crippen LogP contribution in [-0.4, -0.2) is 33.1 Å². The molecule has 0 saturated carbocycles. The lowest BCUT2D eigenvalue weighted by molar-refractivity contribution is -0.115. The molecule has 2 aromatic carbocycles. The summed E-state index contributed by atoms with van der Waals surface area (Å²) in [7, 11) is 0. The molecule has 8 heteroatoms. The Hall–Kier alpha value is -3.55. The van der Waals surface area contributed by atoms with Gasteiger partial charge in [-0.15, -0.1) is 5.10 Å². The summed E-state index contributed by atoms with van der Waals surface area (Å²) in [5, 5.41) is 9.43. The Bertz CT molecular complexity index is 998. The maximum absolute atomic E-state index is 13.1. The summed E-state index contributed by atoms with van der Waals surface area (Å²) in [5.74, 6) is -0.872. The van der Waals surface area contributed by atoms with E-state index < -0.39 is 5.91 Å². The van der Waals surface area contributed by atoms with Gasteiger partial charge in [-0.05, 0) is 49.2 Å². The van der Waals surface area contributed by atoms with E-state index in [-0.39, 0.29) is 24.1 Å². The first-order valence-electron chi connectivity index (χ1n) is 8.83. The third-order valence-corrected chi connectivity index (χ3v) is 4.13. The molecule has 7 nitrogen and oxygen atoms in total. The summed E-state index contributed by atoms with van der Waals surface area (Å²) < 4.78 is 14.5. The molecule has 144 valence electrons. The molecular formula is C20H20FN5O2. The van der Waals surface area contributed by atoms with Crippen LogP contribution >= 0.6 is 0 Å². The van der Waals surface area contributed by atoms with Crippen molar-refractivity contribution in [2.45, 2.75) is 20.3 Å². The molecule has 0 unspecified atom stereocenters. The zero-order valence-electron chi connectivity index (χ0n) is 15.6. The maximum atomic E-state index is 13.1. The Morgan fingerprint density at radius 2 is 1.82 bits per heavy atom. The highest BCUT2D eigenvalue weighted by Crippen LogP contribution is 2.15. The predicted octanol–water partition coefficient (Wildman–Crippen LogP) is 2.65. The van der Waals surface area contributed by atoms with E-state index in [1.165, 1.54) is 28.9 Å². The molecular weight excluding hydrogens is 361 g/mol. The first-order chi connectivity index (χ1) is 13.5. The van der Waals surface area contributed by atoms with Crippen molar-refractivity contribution in [2.24, 2.45) is 0 Å². The summed E-state index contributed by atoms with van der Waals surface area (Å²) >= 11 is 0. The lowest BCUT2D eigenvalue weighted by Gasteiger charge is -2.09. The second kappa shape index (κ2) is 8.43. The quantitative estimate of drug-likeness (QED) is 0.687. The molecule has 3 aromatic rings. The summed E-state index contributed by atoms with van der Waals surface area (Å²) in [6.45, 7) is 3.47. The zero-order chi connectivity index (χ0) is 20.1. The second-order valence-electron chi connectivity index (χ2n) is 6.11. The largest absolute Gasteiger partial charge is 0.340 e. The van der Waals surface area contributed by atoms with Gasteiger partial charge in [0.15, 0.2) is 0 Å². The second-order valence-corrected chi connectivity index (χ2v) is 6.11. The van der Waals surface area contributed by atoms with Crippen LogP contribution in [0.4, 0.5) is 10.1 Å². The van der Waals surface area contributed by atoms with Crippen molar-refractivity contribution < 1.29 is 14.0 Å². The van der Waals surface area contributed by atoms with Gasteiger partial charge in [0.05, 0.1) is 12.2 Å². The van der Waals surface area contributed by atoms with E-state index >= 15 is 0 Å². The van der Waals surface area contributed by atoms with E-state index in [2.05, 4.69) is 20.7 Å². The number of benzene rings is 2. The van der Waals surface area contributed by atoms with Crippen molar-refractivity contribution in [3.8, 4) is 5.69 Å². The van der Waals surface area contributed by atoms with Crippen molar-refractivity contribution in [3.05, 3.63) is 71.6 Å². The van der Waals surface area contributed by atoms with Crippen molar-refractivity contribution in [1.82, 2.24) is 20.1 Å². The van der Waals surface area contributed by atoms with Crippen molar-refractivity contribution >= 4 is 17.5 Å². The molecule has 0 fully saturated rings. The van der Waals surface area contributed by atoms with Gasteiger partial charge in [0.1, 0.15) is 11.6 Å². The number of amides is 2. The minimum absolute atomic E-state index is 0.0661. The van der Waals surface area contributed by atoms with Crippen molar-refractivity contribution in [2.75, 3.05) is 11.9 Å². The fourth-order valence-corrected chi connectivity index (χ4v) is 2.70. The summed E-state index contributed by atoms with van der Waals surface area (Å²) in [4.78, 5) is 28.5. The number of aromatic nitrogens is 3. The lowest BCUT2D eigenvalue weighted by atomic mass is 10.1. The van der Waals surface area contributed by atoms with Crippen LogP contribution in [0.3, 0.4) is 0 Å². The lowest BCUT2D eigenvalue weighted by Crippen LogP contribution is -2.33. The standard InChI is InChI=1S/C20H20FN5O2/c1-3-14-6-4-5-7-17(14)24-18(27)12-22-20(28)19-23-13(2)26(25-19)16-10-8-15(21)9-11-16/h4-11H,3,12H2,1-2H3,(H,22,28)(H,24,27). The number of nitrogens with zero attached hydrogens (tertiary/aromatic N) is 3.